The van der Waals surface area contributed by atoms with Crippen LogP contribution in [0.3, 0.4) is 0 Å². The molecule has 2 rings (SSSR count). The van der Waals surface area contributed by atoms with E-state index in [4.69, 9.17) is 4.74 Å². The van der Waals surface area contributed by atoms with Crippen molar-refractivity contribution < 1.29 is 19.1 Å². The van der Waals surface area contributed by atoms with E-state index < -0.39 is 5.97 Å². The minimum Gasteiger partial charge on any atom is -0.465 e. The predicted octanol–water partition coefficient (Wildman–Crippen LogP) is 3.08. The maximum Gasteiger partial charge on any atom is 0.337 e. The lowest BCUT2D eigenvalue weighted by atomic mass is 10.1. The van der Waals surface area contributed by atoms with E-state index in [1.165, 1.54) is 25.0 Å². The molecule has 0 aliphatic rings. The van der Waals surface area contributed by atoms with Gasteiger partial charge in [-0.3, -0.25) is 9.59 Å². The molecule has 2 amide bonds. The molecule has 0 atom stereocenters. The average Bonchev–Trinajstić information content (AvgIpc) is 2.62. The first-order valence-corrected chi connectivity index (χ1v) is 8.16. The second-order valence-electron chi connectivity index (χ2n) is 5.96. The van der Waals surface area contributed by atoms with Crippen LogP contribution in [0.4, 0.5) is 11.4 Å². The fraction of sp³-hybridized carbons (Fsp3) is 0.250. The zero-order valence-corrected chi connectivity index (χ0v) is 15.3. The van der Waals surface area contributed by atoms with Crippen LogP contribution in [0.15, 0.2) is 42.5 Å². The van der Waals surface area contributed by atoms with Crippen LogP contribution in [0, 0.1) is 13.8 Å². The molecule has 136 valence electrons. The Bertz CT molecular complexity index is 825. The van der Waals surface area contributed by atoms with Crippen molar-refractivity contribution >= 4 is 29.2 Å². The molecule has 0 aliphatic heterocycles. The van der Waals surface area contributed by atoms with Gasteiger partial charge in [-0.2, -0.15) is 0 Å². The Labute approximate surface area is 152 Å². The zero-order chi connectivity index (χ0) is 19.3. The Hall–Kier alpha value is -3.15. The van der Waals surface area contributed by atoms with Gasteiger partial charge in [-0.05, 0) is 43.2 Å². The summed E-state index contributed by atoms with van der Waals surface area (Å²) < 4.78 is 4.70. The lowest BCUT2D eigenvalue weighted by Crippen LogP contribution is -2.37. The van der Waals surface area contributed by atoms with E-state index in [0.717, 1.165) is 16.8 Å². The molecule has 0 spiro atoms. The number of anilines is 2. The summed E-state index contributed by atoms with van der Waals surface area (Å²) in [6.07, 6.45) is 0. The highest BCUT2D eigenvalue weighted by Crippen LogP contribution is 2.21. The van der Waals surface area contributed by atoms with Gasteiger partial charge in [0.1, 0.15) is 6.54 Å². The summed E-state index contributed by atoms with van der Waals surface area (Å²) in [5.41, 5.74) is 3.40. The Morgan fingerprint density at radius 3 is 2.23 bits per heavy atom. The Morgan fingerprint density at radius 1 is 1.04 bits per heavy atom. The van der Waals surface area contributed by atoms with Crippen LogP contribution in [0.2, 0.25) is 0 Å². The van der Waals surface area contributed by atoms with Crippen LogP contribution in [0.1, 0.15) is 28.4 Å². The number of amides is 2. The average molecular weight is 354 g/mol. The van der Waals surface area contributed by atoms with Gasteiger partial charge in [0, 0.05) is 18.3 Å². The SMILES string of the molecule is COC(=O)c1cccc(N(CC(=O)Nc2c(C)cccc2C)C(C)=O)c1. The summed E-state index contributed by atoms with van der Waals surface area (Å²) in [6.45, 7) is 5.03. The first-order chi connectivity index (χ1) is 12.3. The number of nitrogens with zero attached hydrogens (tertiary/aromatic N) is 1. The van der Waals surface area contributed by atoms with Gasteiger partial charge in [-0.25, -0.2) is 4.79 Å². The molecule has 2 aromatic rings. The Kier molecular flexibility index (Phi) is 6.11. The number of hydrogen-bond acceptors (Lipinski definition) is 4. The van der Waals surface area contributed by atoms with Gasteiger partial charge in [-0.15, -0.1) is 0 Å². The monoisotopic (exact) mass is 354 g/mol. The number of methoxy groups -OCH3 is 1. The summed E-state index contributed by atoms with van der Waals surface area (Å²) in [5.74, 6) is -1.12. The standard InChI is InChI=1S/C20H22N2O4/c1-13-7-5-8-14(2)19(13)21-18(24)12-22(15(3)23)17-10-6-9-16(11-17)20(25)26-4/h5-11H,12H2,1-4H3,(H,21,24). The van der Waals surface area contributed by atoms with Gasteiger partial charge in [0.2, 0.25) is 11.8 Å². The van der Waals surface area contributed by atoms with E-state index in [1.807, 2.05) is 32.0 Å². The zero-order valence-electron chi connectivity index (χ0n) is 15.3. The third-order valence-corrected chi connectivity index (χ3v) is 4.01. The Balaban J connectivity index is 2.22. The lowest BCUT2D eigenvalue weighted by Gasteiger charge is -2.22. The molecule has 2 aromatic carbocycles. The molecule has 0 fully saturated rings. The molecule has 6 nitrogen and oxygen atoms in total. The minimum atomic E-state index is -0.504. The van der Waals surface area contributed by atoms with E-state index in [9.17, 15) is 14.4 Å². The van der Waals surface area contributed by atoms with Crippen molar-refractivity contribution in [2.45, 2.75) is 20.8 Å². The van der Waals surface area contributed by atoms with E-state index in [1.54, 1.807) is 18.2 Å². The number of ether oxygens (including phenoxy) is 1. The van der Waals surface area contributed by atoms with Crippen molar-refractivity contribution in [3.63, 3.8) is 0 Å². The first-order valence-electron chi connectivity index (χ1n) is 8.16. The van der Waals surface area contributed by atoms with E-state index in [-0.39, 0.29) is 18.4 Å². The van der Waals surface area contributed by atoms with Crippen LogP contribution in [-0.4, -0.2) is 31.4 Å². The molecule has 0 heterocycles. The molecule has 6 heteroatoms. The fourth-order valence-electron chi connectivity index (χ4n) is 2.64. The minimum absolute atomic E-state index is 0.159. The highest BCUT2D eigenvalue weighted by atomic mass is 16.5. The van der Waals surface area contributed by atoms with Gasteiger partial charge >= 0.3 is 5.97 Å². The molecule has 0 saturated heterocycles. The van der Waals surface area contributed by atoms with E-state index in [0.29, 0.717) is 11.3 Å². The molecule has 1 N–H and O–H groups in total. The van der Waals surface area contributed by atoms with Crippen molar-refractivity contribution in [3.05, 3.63) is 59.2 Å². The molecule has 0 aromatic heterocycles. The molecular weight excluding hydrogens is 332 g/mol. The van der Waals surface area contributed by atoms with Gasteiger partial charge in [0.05, 0.1) is 12.7 Å². The van der Waals surface area contributed by atoms with Crippen molar-refractivity contribution in [1.29, 1.82) is 0 Å². The molecule has 0 aliphatic carbocycles. The molecule has 26 heavy (non-hydrogen) atoms. The summed E-state index contributed by atoms with van der Waals surface area (Å²) in [4.78, 5) is 37.5. The largest absolute Gasteiger partial charge is 0.465 e. The van der Waals surface area contributed by atoms with E-state index >= 15 is 0 Å². The van der Waals surface area contributed by atoms with Crippen LogP contribution < -0.4 is 10.2 Å². The summed E-state index contributed by atoms with van der Waals surface area (Å²) in [5, 5.41) is 2.86. The van der Waals surface area contributed by atoms with Gasteiger partial charge in [0.25, 0.3) is 0 Å². The van der Waals surface area contributed by atoms with Gasteiger partial charge in [0.15, 0.2) is 0 Å². The smallest absolute Gasteiger partial charge is 0.337 e. The van der Waals surface area contributed by atoms with Crippen molar-refractivity contribution in [3.8, 4) is 0 Å². The molecular formula is C20H22N2O4. The number of esters is 1. The second-order valence-corrected chi connectivity index (χ2v) is 5.96. The second kappa shape index (κ2) is 8.29. The van der Waals surface area contributed by atoms with Crippen molar-refractivity contribution in [1.82, 2.24) is 0 Å². The molecule has 0 radical (unpaired) electrons. The highest BCUT2D eigenvalue weighted by molar-refractivity contribution is 6.03. The molecule has 0 unspecified atom stereocenters. The number of para-hydroxylation sites is 1. The molecule has 0 bridgehead atoms. The highest BCUT2D eigenvalue weighted by Gasteiger charge is 2.18. The first kappa shape index (κ1) is 19.2. The summed E-state index contributed by atoms with van der Waals surface area (Å²) >= 11 is 0. The number of carbonyl (C=O) groups excluding carboxylic acids is 3. The van der Waals surface area contributed by atoms with Crippen LogP contribution in [-0.2, 0) is 14.3 Å². The topological polar surface area (TPSA) is 75.7 Å². The number of rotatable bonds is 5. The lowest BCUT2D eigenvalue weighted by molar-refractivity contribution is -0.120. The predicted molar refractivity (Wildman–Crippen MR) is 100 cm³/mol. The number of carbonyl (C=O) groups is 3. The fourth-order valence-corrected chi connectivity index (χ4v) is 2.64. The van der Waals surface area contributed by atoms with Gasteiger partial charge in [-0.1, -0.05) is 24.3 Å². The third kappa shape index (κ3) is 4.47. The van der Waals surface area contributed by atoms with Gasteiger partial charge < -0.3 is 15.0 Å². The maximum atomic E-state index is 12.5. The van der Waals surface area contributed by atoms with Crippen LogP contribution in [0.5, 0.6) is 0 Å². The van der Waals surface area contributed by atoms with Crippen molar-refractivity contribution in [2.24, 2.45) is 0 Å². The van der Waals surface area contributed by atoms with Crippen molar-refractivity contribution in [2.75, 3.05) is 23.9 Å². The third-order valence-electron chi connectivity index (χ3n) is 4.01. The summed E-state index contributed by atoms with van der Waals surface area (Å²) in [6, 6.07) is 12.2. The maximum absolute atomic E-state index is 12.5. The van der Waals surface area contributed by atoms with Crippen LogP contribution >= 0.6 is 0 Å². The number of benzene rings is 2. The van der Waals surface area contributed by atoms with E-state index in [2.05, 4.69) is 5.32 Å². The number of nitrogens with one attached hydrogen (secondary N) is 1. The normalized spacial score (nSPS) is 10.2. The number of hydrogen-bond donors (Lipinski definition) is 1. The summed E-state index contributed by atoms with van der Waals surface area (Å²) in [7, 11) is 1.29. The Morgan fingerprint density at radius 2 is 1.65 bits per heavy atom. The molecule has 0 saturated carbocycles. The van der Waals surface area contributed by atoms with Crippen LogP contribution in [0.25, 0.3) is 0 Å². The quantitative estimate of drug-likeness (QED) is 0.837. The number of aryl methyl sites for hydroxylation is 2.